The van der Waals surface area contributed by atoms with Crippen molar-refractivity contribution in [3.63, 3.8) is 0 Å². The van der Waals surface area contributed by atoms with Crippen LogP contribution in [0.5, 0.6) is 0 Å². The Morgan fingerprint density at radius 1 is 1.07 bits per heavy atom. The van der Waals surface area contributed by atoms with E-state index in [2.05, 4.69) is 4.98 Å². The summed E-state index contributed by atoms with van der Waals surface area (Å²) >= 11 is 1.50. The summed E-state index contributed by atoms with van der Waals surface area (Å²) in [7, 11) is 0. The van der Waals surface area contributed by atoms with Crippen LogP contribution in [-0.2, 0) is 22.4 Å². The predicted molar refractivity (Wildman–Crippen MR) is 107 cm³/mol. The molecule has 0 aliphatic rings. The second kappa shape index (κ2) is 8.73. The molecule has 0 saturated heterocycles. The first-order chi connectivity index (χ1) is 13.0. The van der Waals surface area contributed by atoms with Crippen LogP contribution in [0.3, 0.4) is 0 Å². The third-order valence-corrected chi connectivity index (χ3v) is 5.32. The number of aromatic nitrogens is 1. The number of thiazole rings is 1. The van der Waals surface area contributed by atoms with Gasteiger partial charge in [-0.05, 0) is 18.9 Å². The highest BCUT2D eigenvalue weighted by molar-refractivity contribution is 7.13. The SMILES string of the molecule is Cc1ccc(-c2nc(CC(=O)C[C@H](Cc3ccccc3)C(=O)O)cs2)cc1. The van der Waals surface area contributed by atoms with Crippen molar-refractivity contribution in [1.82, 2.24) is 4.98 Å². The summed E-state index contributed by atoms with van der Waals surface area (Å²) in [6.07, 6.45) is 0.538. The van der Waals surface area contributed by atoms with E-state index in [-0.39, 0.29) is 18.6 Å². The molecule has 4 nitrogen and oxygen atoms in total. The lowest BCUT2D eigenvalue weighted by Crippen LogP contribution is -2.21. The molecule has 1 atom stereocenters. The molecule has 5 heteroatoms. The fourth-order valence-corrected chi connectivity index (χ4v) is 3.74. The Morgan fingerprint density at radius 2 is 1.78 bits per heavy atom. The third kappa shape index (κ3) is 5.34. The summed E-state index contributed by atoms with van der Waals surface area (Å²) in [5.41, 5.74) is 3.83. The summed E-state index contributed by atoms with van der Waals surface area (Å²) in [6, 6.07) is 17.5. The second-order valence-electron chi connectivity index (χ2n) is 6.65. The average Bonchev–Trinajstić information content (AvgIpc) is 3.11. The highest BCUT2D eigenvalue weighted by Crippen LogP contribution is 2.24. The molecule has 0 spiro atoms. The van der Waals surface area contributed by atoms with Gasteiger partial charge in [0.1, 0.15) is 10.8 Å². The van der Waals surface area contributed by atoms with E-state index in [1.165, 1.54) is 16.9 Å². The van der Waals surface area contributed by atoms with Gasteiger partial charge in [0, 0.05) is 23.8 Å². The minimum atomic E-state index is -0.939. The van der Waals surface area contributed by atoms with Crippen molar-refractivity contribution in [2.24, 2.45) is 5.92 Å². The van der Waals surface area contributed by atoms with E-state index < -0.39 is 11.9 Å². The van der Waals surface area contributed by atoms with Gasteiger partial charge >= 0.3 is 5.97 Å². The number of nitrogens with zero attached hydrogens (tertiary/aromatic N) is 1. The van der Waals surface area contributed by atoms with Crippen LogP contribution in [0.4, 0.5) is 0 Å². The van der Waals surface area contributed by atoms with Crippen LogP contribution >= 0.6 is 11.3 Å². The maximum Gasteiger partial charge on any atom is 0.307 e. The number of carboxylic acids is 1. The summed E-state index contributed by atoms with van der Waals surface area (Å²) < 4.78 is 0. The molecule has 0 bridgehead atoms. The molecule has 1 aromatic heterocycles. The molecule has 0 radical (unpaired) electrons. The zero-order valence-corrected chi connectivity index (χ0v) is 15.9. The molecule has 0 fully saturated rings. The monoisotopic (exact) mass is 379 g/mol. The van der Waals surface area contributed by atoms with Crippen LogP contribution in [0.15, 0.2) is 60.0 Å². The Kier molecular flexibility index (Phi) is 6.14. The maximum absolute atomic E-state index is 12.4. The summed E-state index contributed by atoms with van der Waals surface area (Å²) in [5.74, 6) is -1.75. The van der Waals surface area contributed by atoms with E-state index in [1.807, 2.05) is 66.9 Å². The molecule has 0 unspecified atom stereocenters. The second-order valence-corrected chi connectivity index (χ2v) is 7.51. The lowest BCUT2D eigenvalue weighted by Gasteiger charge is -2.11. The number of aliphatic carboxylic acids is 1. The average molecular weight is 379 g/mol. The maximum atomic E-state index is 12.4. The van der Waals surface area contributed by atoms with Crippen molar-refractivity contribution in [2.75, 3.05) is 0 Å². The Bertz CT molecular complexity index is 916. The quantitative estimate of drug-likeness (QED) is 0.623. The van der Waals surface area contributed by atoms with Gasteiger partial charge in [-0.2, -0.15) is 0 Å². The van der Waals surface area contributed by atoms with Crippen LogP contribution in [0.1, 0.15) is 23.2 Å². The van der Waals surface area contributed by atoms with E-state index in [0.29, 0.717) is 12.1 Å². The molecular weight excluding hydrogens is 358 g/mol. The van der Waals surface area contributed by atoms with Gasteiger partial charge in [0.2, 0.25) is 0 Å². The highest BCUT2D eigenvalue weighted by atomic mass is 32.1. The van der Waals surface area contributed by atoms with E-state index in [0.717, 1.165) is 16.1 Å². The summed E-state index contributed by atoms with van der Waals surface area (Å²) in [4.78, 5) is 28.5. The van der Waals surface area contributed by atoms with E-state index in [9.17, 15) is 14.7 Å². The van der Waals surface area contributed by atoms with Crippen LogP contribution in [0.25, 0.3) is 10.6 Å². The van der Waals surface area contributed by atoms with Crippen molar-refractivity contribution >= 4 is 23.1 Å². The van der Waals surface area contributed by atoms with Gasteiger partial charge in [0.25, 0.3) is 0 Å². The topological polar surface area (TPSA) is 67.3 Å². The smallest absolute Gasteiger partial charge is 0.307 e. The minimum Gasteiger partial charge on any atom is -0.481 e. The molecule has 2 aromatic carbocycles. The lowest BCUT2D eigenvalue weighted by molar-refractivity contribution is -0.143. The highest BCUT2D eigenvalue weighted by Gasteiger charge is 2.22. The fraction of sp³-hybridized carbons (Fsp3) is 0.227. The van der Waals surface area contributed by atoms with Gasteiger partial charge < -0.3 is 5.11 Å². The standard InChI is InChI=1S/C22H21NO3S/c1-15-7-9-17(10-8-15)21-23-19(14-27-21)13-20(24)12-18(22(25)26)11-16-5-3-2-4-6-16/h2-10,14,18H,11-13H2,1H3,(H,25,26)/t18-/m0/s1. The Balaban J connectivity index is 1.62. The van der Waals surface area contributed by atoms with Crippen molar-refractivity contribution < 1.29 is 14.7 Å². The number of benzene rings is 2. The van der Waals surface area contributed by atoms with Gasteiger partial charge in [-0.1, -0.05) is 60.2 Å². The van der Waals surface area contributed by atoms with E-state index in [4.69, 9.17) is 0 Å². The van der Waals surface area contributed by atoms with Crippen molar-refractivity contribution in [3.8, 4) is 10.6 Å². The van der Waals surface area contributed by atoms with Crippen molar-refractivity contribution in [1.29, 1.82) is 0 Å². The molecular formula is C22H21NO3S. The molecule has 0 saturated carbocycles. The van der Waals surface area contributed by atoms with Crippen LogP contribution in [0, 0.1) is 12.8 Å². The van der Waals surface area contributed by atoms with Gasteiger partial charge in [0.05, 0.1) is 11.6 Å². The van der Waals surface area contributed by atoms with Gasteiger partial charge in [-0.15, -0.1) is 11.3 Å². The first-order valence-electron chi connectivity index (χ1n) is 8.81. The molecule has 0 aliphatic carbocycles. The van der Waals surface area contributed by atoms with Crippen LogP contribution in [0.2, 0.25) is 0 Å². The van der Waals surface area contributed by atoms with Crippen LogP contribution < -0.4 is 0 Å². The number of rotatable bonds is 8. The number of carbonyl (C=O) groups excluding carboxylic acids is 1. The van der Waals surface area contributed by atoms with Crippen molar-refractivity contribution in [3.05, 3.63) is 76.8 Å². The molecule has 1 N–H and O–H groups in total. The van der Waals surface area contributed by atoms with Gasteiger partial charge in [0.15, 0.2) is 0 Å². The number of hydrogen-bond acceptors (Lipinski definition) is 4. The normalized spacial score (nSPS) is 11.9. The molecule has 138 valence electrons. The Labute approximate surface area is 162 Å². The number of Topliss-reactive ketones (excluding diaryl/α,β-unsaturated/α-hetero) is 1. The fourth-order valence-electron chi connectivity index (χ4n) is 2.91. The molecule has 0 amide bonds. The number of carboxylic acid groups (broad SMARTS) is 1. The van der Waals surface area contributed by atoms with E-state index in [1.54, 1.807) is 0 Å². The summed E-state index contributed by atoms with van der Waals surface area (Å²) in [6.45, 7) is 2.03. The van der Waals surface area contributed by atoms with E-state index >= 15 is 0 Å². The first-order valence-corrected chi connectivity index (χ1v) is 9.69. The molecule has 3 rings (SSSR count). The number of hydrogen-bond donors (Lipinski definition) is 1. The molecule has 3 aromatic rings. The van der Waals surface area contributed by atoms with Crippen LogP contribution in [-0.4, -0.2) is 21.8 Å². The number of aryl methyl sites for hydroxylation is 1. The number of carbonyl (C=O) groups is 2. The Morgan fingerprint density at radius 3 is 2.44 bits per heavy atom. The van der Waals surface area contributed by atoms with Crippen molar-refractivity contribution in [2.45, 2.75) is 26.2 Å². The molecule has 27 heavy (non-hydrogen) atoms. The zero-order valence-electron chi connectivity index (χ0n) is 15.1. The number of ketones is 1. The third-order valence-electron chi connectivity index (χ3n) is 4.38. The summed E-state index contributed by atoms with van der Waals surface area (Å²) in [5, 5.41) is 12.2. The zero-order chi connectivity index (χ0) is 19.2. The van der Waals surface area contributed by atoms with Gasteiger partial charge in [-0.3, -0.25) is 9.59 Å². The largest absolute Gasteiger partial charge is 0.481 e. The predicted octanol–water partition coefficient (Wildman–Crippen LogP) is 4.56. The molecule has 1 heterocycles. The Hall–Kier alpha value is -2.79. The minimum absolute atomic E-state index is 0.0155. The van der Waals surface area contributed by atoms with Gasteiger partial charge in [-0.25, -0.2) is 4.98 Å². The lowest BCUT2D eigenvalue weighted by atomic mass is 9.93. The molecule has 0 aliphatic heterocycles. The first kappa shape index (κ1) is 19.0.